The van der Waals surface area contributed by atoms with Gasteiger partial charge in [0.2, 0.25) is 0 Å². The number of morpholine rings is 1. The van der Waals surface area contributed by atoms with Gasteiger partial charge in [-0.25, -0.2) is 0 Å². The second kappa shape index (κ2) is 11.0. The van der Waals surface area contributed by atoms with Crippen molar-refractivity contribution in [1.82, 2.24) is 30.2 Å². The maximum atomic E-state index is 13.9. The van der Waals surface area contributed by atoms with Crippen LogP contribution >= 0.6 is 0 Å². The Morgan fingerprint density at radius 1 is 1.05 bits per heavy atom. The number of hydrogen-bond donors (Lipinski definition) is 2. The van der Waals surface area contributed by atoms with E-state index >= 15 is 0 Å². The highest BCUT2D eigenvalue weighted by molar-refractivity contribution is 6.04. The Balaban J connectivity index is 1.36. The summed E-state index contributed by atoms with van der Waals surface area (Å²) in [6.45, 7) is 3.06. The highest BCUT2D eigenvalue weighted by Crippen LogP contribution is 2.46. The van der Waals surface area contributed by atoms with Crippen LogP contribution in [0.5, 0.6) is 0 Å². The molecule has 0 radical (unpaired) electrons. The van der Waals surface area contributed by atoms with Crippen LogP contribution in [0.25, 0.3) is 28.2 Å². The number of nitrogens with zero attached hydrogens (tertiary/aromatic N) is 4. The Kier molecular flexibility index (Phi) is 6.88. The van der Waals surface area contributed by atoms with E-state index in [9.17, 15) is 9.59 Å². The van der Waals surface area contributed by atoms with Crippen LogP contribution in [0.3, 0.4) is 0 Å². The molecule has 0 bridgehead atoms. The molecule has 2 fully saturated rings. The van der Waals surface area contributed by atoms with Crippen molar-refractivity contribution in [3.05, 3.63) is 76.6 Å². The first-order valence-corrected chi connectivity index (χ1v) is 14.6. The van der Waals surface area contributed by atoms with Gasteiger partial charge in [0.1, 0.15) is 5.69 Å². The van der Waals surface area contributed by atoms with E-state index in [1.54, 1.807) is 6.20 Å². The van der Waals surface area contributed by atoms with E-state index in [0.29, 0.717) is 56.6 Å². The molecular formula is C32H34N6O3. The number of aromatic amines is 1. The van der Waals surface area contributed by atoms with E-state index in [0.717, 1.165) is 35.1 Å². The summed E-state index contributed by atoms with van der Waals surface area (Å²) >= 11 is 0. The van der Waals surface area contributed by atoms with Gasteiger partial charge in [0, 0.05) is 40.7 Å². The average molecular weight is 551 g/mol. The van der Waals surface area contributed by atoms with Crippen molar-refractivity contribution in [3.8, 4) is 11.3 Å². The lowest BCUT2D eigenvalue weighted by atomic mass is 9.81. The minimum atomic E-state index is -0.168. The van der Waals surface area contributed by atoms with E-state index in [4.69, 9.17) is 4.74 Å². The minimum Gasteiger partial charge on any atom is -0.378 e. The van der Waals surface area contributed by atoms with Crippen LogP contribution in [-0.2, 0) is 22.6 Å². The van der Waals surface area contributed by atoms with Gasteiger partial charge in [-0.3, -0.25) is 9.59 Å². The number of H-pyrrole nitrogens is 1. The lowest BCUT2D eigenvalue weighted by molar-refractivity contribution is -0.131. The Morgan fingerprint density at radius 3 is 2.68 bits per heavy atom. The lowest BCUT2D eigenvalue weighted by Gasteiger charge is -2.28. The third kappa shape index (κ3) is 4.84. The summed E-state index contributed by atoms with van der Waals surface area (Å²) in [6.07, 6.45) is 9.70. The van der Waals surface area contributed by atoms with Crippen LogP contribution < -0.4 is 5.32 Å². The number of rotatable bonds is 5. The topological polar surface area (TPSA) is 105 Å². The molecule has 41 heavy (non-hydrogen) atoms. The highest BCUT2D eigenvalue weighted by Gasteiger charge is 2.31. The summed E-state index contributed by atoms with van der Waals surface area (Å²) in [5.74, 6) is 0.330. The molecule has 2 aromatic carbocycles. The molecule has 9 heteroatoms. The number of ether oxygens (including phenoxy) is 1. The molecule has 1 aliphatic carbocycles. The summed E-state index contributed by atoms with van der Waals surface area (Å²) in [5, 5.41) is 14.6. The predicted molar refractivity (Wildman–Crippen MR) is 156 cm³/mol. The van der Waals surface area contributed by atoms with Gasteiger partial charge >= 0.3 is 0 Å². The van der Waals surface area contributed by atoms with Crippen molar-refractivity contribution >= 4 is 28.8 Å². The maximum Gasteiger partial charge on any atom is 0.251 e. The van der Waals surface area contributed by atoms with Gasteiger partial charge < -0.3 is 19.5 Å². The monoisotopic (exact) mass is 550 g/mol. The Hall–Kier alpha value is -4.24. The molecule has 2 N–H and O–H groups in total. The van der Waals surface area contributed by atoms with Gasteiger partial charge in [0.05, 0.1) is 38.2 Å². The van der Waals surface area contributed by atoms with E-state index in [-0.39, 0.29) is 11.8 Å². The van der Waals surface area contributed by atoms with Gasteiger partial charge in [0.25, 0.3) is 11.8 Å². The molecule has 1 saturated carbocycles. The molecule has 0 spiro atoms. The summed E-state index contributed by atoms with van der Waals surface area (Å²) in [4.78, 5) is 29.0. The molecule has 7 rings (SSSR count). The molecule has 2 aromatic heterocycles. The molecule has 1 saturated heterocycles. The summed E-state index contributed by atoms with van der Waals surface area (Å²) in [6, 6.07) is 14.4. The fourth-order valence-corrected chi connectivity index (χ4v) is 6.70. The fraction of sp³-hybridized carbons (Fsp3) is 0.375. The van der Waals surface area contributed by atoms with Crippen molar-refractivity contribution in [3.63, 3.8) is 0 Å². The molecule has 0 unspecified atom stereocenters. The Bertz CT molecular complexity index is 1620. The number of fused-ring (bicyclic) bond motifs is 5. The van der Waals surface area contributed by atoms with Gasteiger partial charge in [0.15, 0.2) is 0 Å². The quantitative estimate of drug-likeness (QED) is 0.376. The smallest absolute Gasteiger partial charge is 0.251 e. The zero-order valence-corrected chi connectivity index (χ0v) is 23.1. The van der Waals surface area contributed by atoms with E-state index in [1.807, 2.05) is 23.1 Å². The molecule has 9 nitrogen and oxygen atoms in total. The predicted octanol–water partition coefficient (Wildman–Crippen LogP) is 4.66. The molecule has 2 amide bonds. The van der Waals surface area contributed by atoms with Crippen LogP contribution in [0.2, 0.25) is 0 Å². The first-order chi connectivity index (χ1) is 20.2. The molecule has 0 atom stereocenters. The number of aromatic nitrogens is 4. The molecule has 3 aliphatic rings. The van der Waals surface area contributed by atoms with Crippen LogP contribution in [0.1, 0.15) is 65.2 Å². The summed E-state index contributed by atoms with van der Waals surface area (Å²) in [7, 11) is 0. The van der Waals surface area contributed by atoms with Gasteiger partial charge in [-0.15, -0.1) is 0 Å². The number of hydrogen-bond acceptors (Lipinski definition) is 5. The molecule has 4 aromatic rings. The van der Waals surface area contributed by atoms with Crippen molar-refractivity contribution < 1.29 is 14.3 Å². The number of amides is 2. The number of carbonyl (C=O) groups is 2. The molecular weight excluding hydrogens is 516 g/mol. The Morgan fingerprint density at radius 2 is 1.88 bits per heavy atom. The van der Waals surface area contributed by atoms with Gasteiger partial charge in [-0.05, 0) is 48.1 Å². The van der Waals surface area contributed by atoms with Crippen molar-refractivity contribution in [2.45, 2.75) is 51.1 Å². The van der Waals surface area contributed by atoms with Crippen LogP contribution in [0.4, 0.5) is 0 Å². The van der Waals surface area contributed by atoms with E-state index in [1.165, 1.54) is 35.9 Å². The summed E-state index contributed by atoms with van der Waals surface area (Å²) < 4.78 is 7.81. The normalized spacial score (nSPS) is 17.5. The summed E-state index contributed by atoms with van der Waals surface area (Å²) in [5.41, 5.74) is 7.75. The van der Waals surface area contributed by atoms with Crippen molar-refractivity contribution in [1.29, 1.82) is 0 Å². The number of benzene rings is 2. The molecule has 210 valence electrons. The third-order valence-corrected chi connectivity index (χ3v) is 8.72. The molecule has 2 aliphatic heterocycles. The van der Waals surface area contributed by atoms with Crippen molar-refractivity contribution in [2.24, 2.45) is 0 Å². The Labute approximate surface area is 238 Å². The maximum absolute atomic E-state index is 13.9. The number of carbonyl (C=O) groups excluding carboxylic acids is 2. The number of nitrogens with one attached hydrogen (secondary N) is 2. The standard InChI is InChI=1S/C32H34N6O3/c39-31(33-18-25-19-34-36-35-25)23-10-11-27-28(17-23)38-20-24(32(40)37-12-14-41-15-13-37)16-22-8-4-5-9-26(22)30(38)29(27)21-6-2-1-3-7-21/h4-5,8-11,16-17,19,21H,1-3,6-7,12-15,18,20H2,(H,33,39)(H,34,35,36). The van der Waals surface area contributed by atoms with E-state index in [2.05, 4.69) is 55.6 Å². The molecule has 4 heterocycles. The first-order valence-electron chi connectivity index (χ1n) is 14.6. The zero-order chi connectivity index (χ0) is 27.8. The van der Waals surface area contributed by atoms with Gasteiger partial charge in [-0.2, -0.15) is 15.4 Å². The minimum absolute atomic E-state index is 0.0542. The fourth-order valence-electron chi connectivity index (χ4n) is 6.70. The van der Waals surface area contributed by atoms with Crippen LogP contribution in [0.15, 0.2) is 54.2 Å². The highest BCUT2D eigenvalue weighted by atomic mass is 16.5. The van der Waals surface area contributed by atoms with Crippen molar-refractivity contribution in [2.75, 3.05) is 26.3 Å². The first kappa shape index (κ1) is 25.7. The van der Waals surface area contributed by atoms with Crippen LogP contribution in [0, 0.1) is 0 Å². The SMILES string of the molecule is O=C(NCc1cn[nH]n1)c1ccc2c(C3CCCCC3)c3n(c2c1)CC(C(=O)N1CCOCC1)=Cc1ccccc1-3. The zero-order valence-electron chi connectivity index (χ0n) is 23.1. The second-order valence-corrected chi connectivity index (χ2v) is 11.2. The van der Waals surface area contributed by atoms with E-state index < -0.39 is 0 Å². The van der Waals surface area contributed by atoms with Crippen LogP contribution in [-0.4, -0.2) is 63.0 Å². The third-order valence-electron chi connectivity index (χ3n) is 8.72. The van der Waals surface area contributed by atoms with Gasteiger partial charge in [-0.1, -0.05) is 49.6 Å². The lowest BCUT2D eigenvalue weighted by Crippen LogP contribution is -2.41. The second-order valence-electron chi connectivity index (χ2n) is 11.2. The largest absolute Gasteiger partial charge is 0.378 e. The average Bonchev–Trinajstić information content (AvgIpc) is 3.62.